The lowest BCUT2D eigenvalue weighted by atomic mass is 9.90. The highest BCUT2D eigenvalue weighted by molar-refractivity contribution is 7.95. The predicted octanol–water partition coefficient (Wildman–Crippen LogP) is 6.71. The molecule has 0 aliphatic heterocycles. The van der Waals surface area contributed by atoms with Gasteiger partial charge in [0.2, 0.25) is 0 Å². The van der Waals surface area contributed by atoms with Crippen LogP contribution >= 0.6 is 6.89 Å². The van der Waals surface area contributed by atoms with E-state index >= 15 is 0 Å². The minimum atomic E-state index is -2.26. The lowest BCUT2D eigenvalue weighted by molar-refractivity contribution is 0.108. The summed E-state index contributed by atoms with van der Waals surface area (Å²) in [4.78, 5) is 14.2. The Morgan fingerprint density at radius 2 is 0.893 bits per heavy atom. The number of benzene rings is 2. The zero-order valence-corrected chi connectivity index (χ0v) is 20.7. The van der Waals surface area contributed by atoms with Crippen LogP contribution in [0.3, 0.4) is 0 Å². The van der Waals surface area contributed by atoms with Crippen molar-refractivity contribution < 1.29 is 4.79 Å². The van der Waals surface area contributed by atoms with Crippen LogP contribution in [0.4, 0.5) is 0 Å². The van der Waals surface area contributed by atoms with E-state index < -0.39 is 6.89 Å². The first-order valence-corrected chi connectivity index (χ1v) is 12.4. The van der Waals surface area contributed by atoms with E-state index in [9.17, 15) is 4.79 Å². The highest BCUT2D eigenvalue weighted by Crippen LogP contribution is 2.51. The molecule has 0 N–H and O–H groups in total. The third-order valence-electron chi connectivity index (χ3n) is 7.53. The van der Waals surface area contributed by atoms with Gasteiger partial charge in [-0.1, -0.05) is 13.2 Å². The van der Waals surface area contributed by atoms with E-state index in [1.165, 1.54) is 49.8 Å². The summed E-state index contributed by atoms with van der Waals surface area (Å²) < 4.78 is 0. The SMILES string of the molecule is C=P(CC)(C(=O)c1c(C)c(C)c(C)c(C)c1C)c1c(C)c(C)c(C)c(C)c1C. The maximum atomic E-state index is 14.2. The van der Waals surface area contributed by atoms with Crippen molar-refractivity contribution in [3.63, 3.8) is 0 Å². The van der Waals surface area contributed by atoms with E-state index in [-0.39, 0.29) is 5.52 Å². The molecule has 0 aliphatic rings. The van der Waals surface area contributed by atoms with Gasteiger partial charge in [0.1, 0.15) is 0 Å². The molecule has 2 aromatic rings. The van der Waals surface area contributed by atoms with Crippen LogP contribution in [0.25, 0.3) is 0 Å². The Kier molecular flexibility index (Phi) is 6.22. The van der Waals surface area contributed by atoms with Crippen LogP contribution in [0.15, 0.2) is 0 Å². The van der Waals surface area contributed by atoms with Gasteiger partial charge in [0.05, 0.1) is 0 Å². The Labute approximate surface area is 172 Å². The maximum absolute atomic E-state index is 14.2. The summed E-state index contributed by atoms with van der Waals surface area (Å²) in [6.45, 7) is 21.4. The Morgan fingerprint density at radius 3 is 1.21 bits per heavy atom. The largest absolute Gasteiger partial charge is 0.289 e. The lowest BCUT2D eigenvalue weighted by Gasteiger charge is -2.31. The van der Waals surface area contributed by atoms with Crippen LogP contribution in [0.1, 0.15) is 72.9 Å². The summed E-state index contributed by atoms with van der Waals surface area (Å²) in [5.41, 5.74) is 13.7. The number of hydrogen-bond acceptors (Lipinski definition) is 1. The topological polar surface area (TPSA) is 17.1 Å². The molecule has 2 aromatic carbocycles. The fourth-order valence-electron chi connectivity index (χ4n) is 4.56. The molecule has 28 heavy (non-hydrogen) atoms. The van der Waals surface area contributed by atoms with Crippen LogP contribution in [0.5, 0.6) is 0 Å². The Hall–Kier alpha value is -1.59. The molecule has 1 nitrogen and oxygen atoms in total. The second kappa shape index (κ2) is 7.68. The van der Waals surface area contributed by atoms with Crippen molar-refractivity contribution in [2.45, 2.75) is 76.2 Å². The molecule has 2 rings (SSSR count). The van der Waals surface area contributed by atoms with Crippen LogP contribution in [-0.4, -0.2) is 18.0 Å². The van der Waals surface area contributed by atoms with Crippen molar-refractivity contribution in [1.82, 2.24) is 0 Å². The van der Waals surface area contributed by atoms with E-state index in [1.54, 1.807) is 0 Å². The second-order valence-electron chi connectivity index (χ2n) is 8.56. The molecule has 2 heteroatoms. The van der Waals surface area contributed by atoms with Gasteiger partial charge in [-0.25, -0.2) is 0 Å². The highest BCUT2D eigenvalue weighted by atomic mass is 31.2. The molecule has 0 bridgehead atoms. The van der Waals surface area contributed by atoms with Gasteiger partial charge in [-0.15, -0.1) is 0 Å². The van der Waals surface area contributed by atoms with E-state index in [1.807, 2.05) is 0 Å². The summed E-state index contributed by atoms with van der Waals surface area (Å²) in [7, 11) is 0. The first-order valence-electron chi connectivity index (χ1n) is 10.2. The first-order chi connectivity index (χ1) is 12.8. The first kappa shape index (κ1) is 22.7. The van der Waals surface area contributed by atoms with Gasteiger partial charge in [0.25, 0.3) is 0 Å². The summed E-state index contributed by atoms with van der Waals surface area (Å²) in [6, 6.07) is 0. The molecule has 0 spiro atoms. The number of carbonyl (C=O) groups excluding carboxylic acids is 1. The number of rotatable bonds is 4. The van der Waals surface area contributed by atoms with Gasteiger partial charge in [0, 0.05) is 5.56 Å². The fraction of sp³-hybridized carbons (Fsp3) is 0.462. The third kappa shape index (κ3) is 3.13. The van der Waals surface area contributed by atoms with Gasteiger partial charge >= 0.3 is 0 Å². The van der Waals surface area contributed by atoms with E-state index in [4.69, 9.17) is 6.30 Å². The standard InChI is InChI=1S/C26H37OP/c1-13-28(12,25-22(10)18(6)15(3)19(7)23(25)11)26(27)24-20(8)16(4)14(2)17(5)21(24)9/h12-13H2,1-11H3. The molecule has 1 atom stereocenters. The molecular weight excluding hydrogens is 359 g/mol. The van der Waals surface area contributed by atoms with E-state index in [0.29, 0.717) is 0 Å². The van der Waals surface area contributed by atoms with Gasteiger partial charge in [0.15, 0.2) is 5.52 Å². The summed E-state index contributed by atoms with van der Waals surface area (Å²) in [5, 5.41) is 1.23. The lowest BCUT2D eigenvalue weighted by Crippen LogP contribution is -2.24. The molecule has 0 heterocycles. The molecule has 0 radical (unpaired) electrons. The molecular formula is C26H37OP. The molecule has 0 aliphatic carbocycles. The van der Waals surface area contributed by atoms with Gasteiger partial charge in [-0.3, -0.25) is 4.79 Å². The van der Waals surface area contributed by atoms with Crippen molar-refractivity contribution in [3.8, 4) is 0 Å². The maximum Gasteiger partial charge on any atom is 0.187 e. The predicted molar refractivity (Wildman–Crippen MR) is 129 cm³/mol. The molecule has 0 aromatic heterocycles. The normalized spacial score (nSPS) is 13.5. The van der Waals surface area contributed by atoms with Crippen LogP contribution in [0, 0.1) is 69.2 Å². The zero-order chi connectivity index (χ0) is 21.7. The highest BCUT2D eigenvalue weighted by Gasteiger charge is 2.32. The second-order valence-corrected chi connectivity index (χ2v) is 12.0. The zero-order valence-electron chi connectivity index (χ0n) is 19.8. The third-order valence-corrected chi connectivity index (χ3v) is 11.1. The summed E-state index contributed by atoms with van der Waals surface area (Å²) >= 11 is 0. The number of carbonyl (C=O) groups is 1. The van der Waals surface area contributed by atoms with Crippen molar-refractivity contribution in [3.05, 3.63) is 61.2 Å². The quantitative estimate of drug-likeness (QED) is 0.525. The Balaban J connectivity index is 2.92. The minimum Gasteiger partial charge on any atom is -0.289 e. The molecule has 0 saturated carbocycles. The van der Waals surface area contributed by atoms with Gasteiger partial charge in [-0.2, -0.15) is 0 Å². The van der Waals surface area contributed by atoms with Gasteiger partial charge < -0.3 is 0 Å². The van der Waals surface area contributed by atoms with Crippen molar-refractivity contribution in [2.24, 2.45) is 0 Å². The number of hydrogen-bond donors (Lipinski definition) is 0. The monoisotopic (exact) mass is 396 g/mol. The minimum absolute atomic E-state index is 0.269. The van der Waals surface area contributed by atoms with Crippen molar-refractivity contribution >= 4 is 24.0 Å². The van der Waals surface area contributed by atoms with Crippen LogP contribution in [-0.2, 0) is 0 Å². The Bertz CT molecular complexity index is 979. The smallest absolute Gasteiger partial charge is 0.187 e. The molecule has 0 fully saturated rings. The van der Waals surface area contributed by atoms with Crippen molar-refractivity contribution in [2.75, 3.05) is 6.16 Å². The van der Waals surface area contributed by atoms with E-state index in [2.05, 4.69) is 76.2 Å². The van der Waals surface area contributed by atoms with Crippen molar-refractivity contribution in [1.29, 1.82) is 0 Å². The Morgan fingerprint density at radius 1 is 0.607 bits per heavy atom. The fourth-order valence-corrected chi connectivity index (χ4v) is 7.75. The summed E-state index contributed by atoms with van der Waals surface area (Å²) in [6.07, 6.45) is 5.49. The van der Waals surface area contributed by atoms with Crippen LogP contribution in [0.2, 0.25) is 0 Å². The molecule has 0 amide bonds. The van der Waals surface area contributed by atoms with Crippen LogP contribution < -0.4 is 5.30 Å². The molecule has 0 saturated heterocycles. The molecule has 1 unspecified atom stereocenters. The average molecular weight is 397 g/mol. The van der Waals surface area contributed by atoms with Gasteiger partial charge in [-0.05, 0) is 143 Å². The average Bonchev–Trinajstić information content (AvgIpc) is 2.67. The van der Waals surface area contributed by atoms with E-state index in [0.717, 1.165) is 22.9 Å². The molecule has 152 valence electrons. The summed E-state index contributed by atoms with van der Waals surface area (Å²) in [5.74, 6) is 0.